The van der Waals surface area contributed by atoms with Crippen LogP contribution >= 0.6 is 25.3 Å². The van der Waals surface area contributed by atoms with Crippen LogP contribution in [-0.4, -0.2) is 261 Å². The number of unbranched alkanes of at least 4 members (excludes halogenated alkanes) is 2. The number of hydrogen-bond donors (Lipinski definition) is 31. The predicted octanol–water partition coefficient (Wildman–Crippen LogP) is -9.13. The van der Waals surface area contributed by atoms with Crippen molar-refractivity contribution < 1.29 is 92.7 Å². The molecule has 0 spiro atoms. The lowest BCUT2D eigenvalue weighted by Crippen LogP contribution is -2.63. The number of primary amides is 1. The van der Waals surface area contributed by atoms with Gasteiger partial charge in [0.2, 0.25) is 76.8 Å². The van der Waals surface area contributed by atoms with E-state index in [9.17, 15) is 92.7 Å². The molecule has 0 saturated heterocycles. The second-order valence-corrected chi connectivity index (χ2v) is 29.3. The predicted molar refractivity (Wildman–Crippen MR) is 428 cm³/mol. The summed E-state index contributed by atoms with van der Waals surface area (Å²) < 4.78 is -1.51. The number of aliphatic hydroxyl groups excluding tert-OH is 2. The maximum absolute atomic E-state index is 14.6. The average molecular weight is 1660 g/mol. The smallest absolute Gasteiger partial charge is 0.326 e. The number of aliphatic hydroxyl groups is 2. The normalized spacial score (nSPS) is 15.1. The molecule has 43 nitrogen and oxygen atoms in total. The van der Waals surface area contributed by atoms with Gasteiger partial charge < -0.3 is 146 Å². The van der Waals surface area contributed by atoms with E-state index in [-0.39, 0.29) is 134 Å². The monoisotopic (exact) mass is 1660 g/mol. The Labute approximate surface area is 676 Å². The number of nitrogens with two attached hydrogens (primary N) is 8. The number of carbonyl (C=O) groups is 14. The number of amides is 13. The van der Waals surface area contributed by atoms with Gasteiger partial charge in [-0.2, -0.15) is 25.3 Å². The molecule has 45 heteroatoms. The standard InChI is InChI=1S/C70H118N24O19S2/c1-35(95)52(76)64(109)89-47(31-37-15-19-39(97)20-16-37)62(107)94-54(70(3,4)115)66(111)90-48(33-51(75)99)61(106)86-43(13-9-29-81-68(77)78)55(100)84-42(12-6-8-26-72)60(105)93-53(36(2)96)65(110)88-46(24-28-74)59(104)83-41(11-5-7-25-71)57(102)92-50(34-114)63(108)87-45(23-27-73)58(103)85-44(14-10-30-82-69(79)80)56(101)91-49(67(112)113)32-38-17-21-40(98)22-18-38/h15-22,35-36,41-50,52-54,95-98,114-115H,5-14,23-34,71-74,76H2,1-4H3,(H2,75,99)(H,83,104)(H,84,100)(H,85,103)(H,86,106)(H,87,108)(H,88,110)(H,89,109)(H,90,111)(H,91,101)(H,92,102)(H,93,105)(H,94,107)(H,112,113)(H4,77,78,81)(H4,79,80,82)/t35-,36-,41+,42+,43+,44+,45+,46-,47+,48+,49+,50+,52+,53+,54-/m1/s1. The summed E-state index contributed by atoms with van der Waals surface area (Å²) in [5.74, 6) is -16.6. The molecule has 2 aromatic carbocycles. The molecule has 13 amide bonds. The lowest BCUT2D eigenvalue weighted by molar-refractivity contribution is -0.142. The number of carbonyl (C=O) groups excluding carboxylic acids is 13. The maximum Gasteiger partial charge on any atom is 0.326 e. The van der Waals surface area contributed by atoms with Crippen LogP contribution in [0, 0.1) is 10.8 Å². The Balaban J connectivity index is 2.48. The molecular weight excluding hydrogens is 1550 g/mol. The maximum atomic E-state index is 14.6. The first-order chi connectivity index (χ1) is 54.1. The third-order valence-corrected chi connectivity index (χ3v) is 18.2. The van der Waals surface area contributed by atoms with Crippen LogP contribution in [0.2, 0.25) is 0 Å². The Morgan fingerprint density at radius 2 is 0.730 bits per heavy atom. The summed E-state index contributed by atoms with van der Waals surface area (Å²) in [5, 5.41) is 101. The highest BCUT2D eigenvalue weighted by atomic mass is 32.1. The number of carboxylic acids is 1. The second-order valence-electron chi connectivity index (χ2n) is 27.8. The minimum Gasteiger partial charge on any atom is -0.508 e. The van der Waals surface area contributed by atoms with Crippen molar-refractivity contribution in [1.82, 2.24) is 74.4 Å². The molecule has 0 radical (unpaired) electrons. The molecule has 0 aromatic heterocycles. The van der Waals surface area contributed by atoms with E-state index in [0.29, 0.717) is 17.5 Å². The van der Waals surface area contributed by atoms with Crippen molar-refractivity contribution in [2.45, 2.75) is 220 Å². The van der Waals surface area contributed by atoms with Gasteiger partial charge in [0.05, 0.1) is 18.6 Å². The number of phenolic OH excluding ortho intramolecular Hbond substituents is 2. The number of phenols is 2. The van der Waals surface area contributed by atoms with Crippen molar-refractivity contribution in [1.29, 1.82) is 10.8 Å². The molecule has 15 atom stereocenters. The van der Waals surface area contributed by atoms with Crippen molar-refractivity contribution >= 4 is 120 Å². The Bertz CT molecular complexity index is 3570. The van der Waals surface area contributed by atoms with E-state index in [0.717, 1.165) is 6.92 Å². The Morgan fingerprint density at radius 3 is 1.08 bits per heavy atom. The van der Waals surface area contributed by atoms with Crippen LogP contribution in [0.5, 0.6) is 11.5 Å². The zero-order chi connectivity index (χ0) is 86.8. The molecule has 0 aliphatic heterocycles. The third kappa shape index (κ3) is 38.1. The number of carboxylic acid groups (broad SMARTS) is 1. The van der Waals surface area contributed by atoms with Gasteiger partial charge in [-0.3, -0.25) is 73.1 Å². The lowest BCUT2D eigenvalue weighted by atomic mass is 9.99. The van der Waals surface area contributed by atoms with Gasteiger partial charge in [0.15, 0.2) is 11.9 Å². The summed E-state index contributed by atoms with van der Waals surface area (Å²) >= 11 is 8.80. The first kappa shape index (κ1) is 101. The van der Waals surface area contributed by atoms with Crippen LogP contribution < -0.4 is 120 Å². The summed E-state index contributed by atoms with van der Waals surface area (Å²) in [7, 11) is 0. The molecule has 0 aliphatic rings. The Kier molecular flexibility index (Phi) is 45.6. The third-order valence-electron chi connectivity index (χ3n) is 17.6. The van der Waals surface area contributed by atoms with Crippen LogP contribution in [-0.2, 0) is 80.0 Å². The quantitative estimate of drug-likeness (QED) is 0.0127. The minimum absolute atomic E-state index is 0.0300. The molecule has 0 fully saturated rings. The number of rotatable bonds is 55. The molecule has 37 N–H and O–H groups in total. The second kappa shape index (κ2) is 52.1. The van der Waals surface area contributed by atoms with Gasteiger partial charge in [-0.05, 0) is 166 Å². The van der Waals surface area contributed by atoms with E-state index in [1.807, 2.05) is 0 Å². The highest BCUT2D eigenvalue weighted by molar-refractivity contribution is 7.81. The molecule has 115 heavy (non-hydrogen) atoms. The minimum atomic E-state index is -1.91. The zero-order valence-corrected chi connectivity index (χ0v) is 66.6. The van der Waals surface area contributed by atoms with E-state index < -0.39 is 202 Å². The molecule has 0 heterocycles. The summed E-state index contributed by atoms with van der Waals surface area (Å²) in [6, 6.07) is -9.79. The SMILES string of the molecule is C[C@@H](O)[C@H](N)C(=O)N[C@@H](Cc1ccc(O)cc1)C(=O)N[C@H](C(=O)N[C@@H](CC(N)=O)C(=O)N[C@@H](CCCNC(=N)N)C(=O)N[C@@H](CCCCN)C(=O)N[C@H](C(=O)N[C@H](CCN)C(=O)N[C@@H](CCCCN)C(=O)N[C@@H](CS)C(=O)N[C@@H](CCN)C(=O)N[C@@H](CCCNC(=N)N)C(=O)N[C@@H](Cc1ccc(O)cc1)C(=O)O)[C@@H](C)O)C(C)(C)S. The van der Waals surface area contributed by atoms with Crippen molar-refractivity contribution in [2.24, 2.45) is 45.9 Å². The molecular formula is C70H118N24O19S2. The van der Waals surface area contributed by atoms with Gasteiger partial charge in [-0.15, -0.1) is 0 Å². The van der Waals surface area contributed by atoms with Gasteiger partial charge in [0, 0.05) is 36.4 Å². The van der Waals surface area contributed by atoms with Crippen molar-refractivity contribution in [3.8, 4) is 11.5 Å². The fourth-order valence-electron chi connectivity index (χ4n) is 11.1. The number of hydrogen-bond acceptors (Lipinski definition) is 27. The van der Waals surface area contributed by atoms with Gasteiger partial charge in [-0.25, -0.2) is 4.79 Å². The van der Waals surface area contributed by atoms with Crippen molar-refractivity contribution in [3.05, 3.63) is 59.7 Å². The Morgan fingerprint density at radius 1 is 0.409 bits per heavy atom. The van der Waals surface area contributed by atoms with Gasteiger partial charge >= 0.3 is 5.97 Å². The number of aromatic hydroxyl groups is 2. The lowest BCUT2D eigenvalue weighted by Gasteiger charge is -2.33. The Hall–Kier alpha value is -10.4. The molecule has 0 unspecified atom stereocenters. The highest BCUT2D eigenvalue weighted by Gasteiger charge is 2.41. The number of thiol groups is 2. The van der Waals surface area contributed by atoms with Gasteiger partial charge in [0.1, 0.15) is 90.0 Å². The van der Waals surface area contributed by atoms with E-state index in [1.165, 1.54) is 69.3 Å². The van der Waals surface area contributed by atoms with Gasteiger partial charge in [0.25, 0.3) is 0 Å². The largest absolute Gasteiger partial charge is 0.508 e. The van der Waals surface area contributed by atoms with Crippen molar-refractivity contribution in [2.75, 3.05) is 45.0 Å². The van der Waals surface area contributed by atoms with E-state index >= 15 is 0 Å². The summed E-state index contributed by atoms with van der Waals surface area (Å²) in [6.45, 7) is 4.90. The van der Waals surface area contributed by atoms with Crippen LogP contribution in [0.15, 0.2) is 48.5 Å². The van der Waals surface area contributed by atoms with Crippen LogP contribution in [0.4, 0.5) is 0 Å². The van der Waals surface area contributed by atoms with E-state index in [4.69, 9.17) is 56.7 Å². The van der Waals surface area contributed by atoms with Crippen LogP contribution in [0.25, 0.3) is 0 Å². The fourth-order valence-corrected chi connectivity index (χ4v) is 11.6. The highest BCUT2D eigenvalue weighted by Crippen LogP contribution is 2.21. The molecule has 0 bridgehead atoms. The number of aliphatic carboxylic acids is 1. The number of benzene rings is 2. The first-order valence-electron chi connectivity index (χ1n) is 37.2. The first-order valence-corrected chi connectivity index (χ1v) is 38.3. The van der Waals surface area contributed by atoms with Crippen molar-refractivity contribution in [3.63, 3.8) is 0 Å². The molecule has 0 saturated carbocycles. The summed E-state index contributed by atoms with van der Waals surface area (Å²) in [4.78, 5) is 195. The number of guanidine groups is 2. The molecule has 2 aromatic rings. The summed E-state index contributed by atoms with van der Waals surface area (Å²) in [6.07, 6.45) is -4.80. The van der Waals surface area contributed by atoms with Crippen LogP contribution in [0.3, 0.4) is 0 Å². The molecule has 0 aliphatic carbocycles. The zero-order valence-electron chi connectivity index (χ0n) is 64.8. The van der Waals surface area contributed by atoms with Gasteiger partial charge in [-0.1, -0.05) is 24.3 Å². The van der Waals surface area contributed by atoms with E-state index in [2.05, 4.69) is 99.7 Å². The average Bonchev–Trinajstić information content (AvgIpc) is 0.822. The number of nitrogens with one attached hydrogen (secondary N) is 16. The fraction of sp³-hybridized carbons (Fsp3) is 0.600. The van der Waals surface area contributed by atoms with E-state index in [1.54, 1.807) is 0 Å². The molecule has 2 rings (SSSR count). The topological polar surface area (TPSA) is 764 Å². The molecule has 644 valence electrons. The van der Waals surface area contributed by atoms with Crippen LogP contribution in [0.1, 0.15) is 122 Å². The summed E-state index contributed by atoms with van der Waals surface area (Å²) in [5.41, 5.74) is 46.6.